The minimum absolute atomic E-state index is 0.0836. The first-order valence-corrected chi connectivity index (χ1v) is 6.42. The standard InChI is InChI=1S/C11H14N8O2/c12-9-8-10(15-5-14-9)19(6-16-8)7-1-2-11(4-20,21-7)3-17-18-13/h5-7,20H,1-4H2,(H2,12,14,15)/t7-,11-/m1/s1. The number of nitrogens with two attached hydrogens (primary N) is 1. The van der Waals surface area contributed by atoms with Gasteiger partial charge in [0.15, 0.2) is 11.5 Å². The first-order chi connectivity index (χ1) is 10.2. The van der Waals surface area contributed by atoms with E-state index in [-0.39, 0.29) is 19.4 Å². The Morgan fingerprint density at radius 1 is 1.57 bits per heavy atom. The molecule has 2 aromatic rings. The highest BCUT2D eigenvalue weighted by molar-refractivity contribution is 5.81. The zero-order valence-electron chi connectivity index (χ0n) is 11.1. The van der Waals surface area contributed by atoms with E-state index in [1.807, 2.05) is 0 Å². The first-order valence-electron chi connectivity index (χ1n) is 6.42. The van der Waals surface area contributed by atoms with Crippen LogP contribution in [0.2, 0.25) is 0 Å². The molecule has 1 aliphatic rings. The number of ether oxygens (including phenoxy) is 1. The van der Waals surface area contributed by atoms with Gasteiger partial charge in [0.25, 0.3) is 0 Å². The molecule has 21 heavy (non-hydrogen) atoms. The van der Waals surface area contributed by atoms with Crippen molar-refractivity contribution in [1.29, 1.82) is 0 Å². The van der Waals surface area contributed by atoms with Crippen LogP contribution in [0.1, 0.15) is 19.1 Å². The van der Waals surface area contributed by atoms with E-state index in [4.69, 9.17) is 16.0 Å². The lowest BCUT2D eigenvalue weighted by Gasteiger charge is -2.25. The highest BCUT2D eigenvalue weighted by atomic mass is 16.5. The SMILES string of the molecule is [N-]=[N+]=NC[C@@]1(CO)CC[C@H](n2cnc3c(N)ncnc32)O1. The van der Waals surface area contributed by atoms with Gasteiger partial charge in [0.1, 0.15) is 18.1 Å². The highest BCUT2D eigenvalue weighted by Gasteiger charge is 2.40. The molecule has 3 rings (SSSR count). The third-order valence-electron chi connectivity index (χ3n) is 3.64. The summed E-state index contributed by atoms with van der Waals surface area (Å²) in [5.74, 6) is 0.305. The molecule has 3 N–H and O–H groups in total. The number of hydrogen-bond acceptors (Lipinski definition) is 7. The van der Waals surface area contributed by atoms with Gasteiger partial charge >= 0.3 is 0 Å². The predicted molar refractivity (Wildman–Crippen MR) is 72.9 cm³/mol. The molecule has 10 nitrogen and oxygen atoms in total. The number of aromatic nitrogens is 4. The molecular weight excluding hydrogens is 276 g/mol. The summed E-state index contributed by atoms with van der Waals surface area (Å²) in [6.07, 6.45) is 3.83. The number of nitrogens with zero attached hydrogens (tertiary/aromatic N) is 7. The zero-order valence-corrected chi connectivity index (χ0v) is 11.1. The molecule has 2 aromatic heterocycles. The number of hydrogen-bond donors (Lipinski definition) is 2. The molecule has 10 heteroatoms. The Balaban J connectivity index is 1.91. The number of rotatable bonds is 4. The summed E-state index contributed by atoms with van der Waals surface area (Å²) < 4.78 is 7.65. The van der Waals surface area contributed by atoms with Crippen LogP contribution in [0, 0.1) is 0 Å². The molecule has 0 bridgehead atoms. The summed E-state index contributed by atoms with van der Waals surface area (Å²) in [4.78, 5) is 15.0. The number of nitrogen functional groups attached to an aromatic ring is 1. The second-order valence-corrected chi connectivity index (χ2v) is 4.92. The van der Waals surface area contributed by atoms with Crippen molar-refractivity contribution in [3.05, 3.63) is 23.1 Å². The van der Waals surface area contributed by atoms with Crippen LogP contribution >= 0.6 is 0 Å². The van der Waals surface area contributed by atoms with E-state index in [9.17, 15) is 5.11 Å². The molecule has 0 spiro atoms. The topological polar surface area (TPSA) is 148 Å². The Morgan fingerprint density at radius 3 is 3.19 bits per heavy atom. The van der Waals surface area contributed by atoms with E-state index < -0.39 is 5.60 Å². The number of fused-ring (bicyclic) bond motifs is 1. The predicted octanol–water partition coefficient (Wildman–Crippen LogP) is 0.759. The molecule has 2 atom stereocenters. The molecule has 0 saturated carbocycles. The lowest BCUT2D eigenvalue weighted by molar-refractivity contribution is -0.0907. The fourth-order valence-corrected chi connectivity index (χ4v) is 2.51. The average molecular weight is 290 g/mol. The molecular formula is C11H14N8O2. The molecule has 1 saturated heterocycles. The maximum absolute atomic E-state index is 9.54. The maximum atomic E-state index is 9.54. The molecule has 0 aromatic carbocycles. The van der Waals surface area contributed by atoms with Gasteiger partial charge in [-0.05, 0) is 18.4 Å². The molecule has 3 heterocycles. The van der Waals surface area contributed by atoms with Crippen LogP contribution in [-0.2, 0) is 4.74 Å². The van der Waals surface area contributed by atoms with Crippen molar-refractivity contribution in [1.82, 2.24) is 19.5 Å². The molecule has 1 fully saturated rings. The molecule has 0 unspecified atom stereocenters. The van der Waals surface area contributed by atoms with Gasteiger partial charge in [-0.1, -0.05) is 5.11 Å². The maximum Gasteiger partial charge on any atom is 0.167 e. The van der Waals surface area contributed by atoms with E-state index in [2.05, 4.69) is 25.0 Å². The van der Waals surface area contributed by atoms with Gasteiger partial charge in [-0.25, -0.2) is 15.0 Å². The third kappa shape index (κ3) is 2.25. The van der Waals surface area contributed by atoms with Crippen LogP contribution in [0.25, 0.3) is 21.6 Å². The van der Waals surface area contributed by atoms with E-state index >= 15 is 0 Å². The number of aliphatic hydroxyl groups is 1. The minimum atomic E-state index is -0.855. The average Bonchev–Trinajstić information content (AvgIpc) is 3.10. The lowest BCUT2D eigenvalue weighted by atomic mass is 10.0. The molecule has 0 radical (unpaired) electrons. The monoisotopic (exact) mass is 290 g/mol. The normalized spacial score (nSPS) is 25.1. The smallest absolute Gasteiger partial charge is 0.167 e. The van der Waals surface area contributed by atoms with Crippen LogP contribution in [0.15, 0.2) is 17.8 Å². The van der Waals surface area contributed by atoms with Crippen molar-refractivity contribution < 1.29 is 9.84 Å². The minimum Gasteiger partial charge on any atom is -0.393 e. The molecule has 110 valence electrons. The number of anilines is 1. The summed E-state index contributed by atoms with van der Waals surface area (Å²) in [6, 6.07) is 0. The Hall–Kier alpha value is -2.42. The largest absolute Gasteiger partial charge is 0.393 e. The van der Waals surface area contributed by atoms with Crippen molar-refractivity contribution in [2.75, 3.05) is 18.9 Å². The van der Waals surface area contributed by atoms with Gasteiger partial charge < -0.3 is 15.6 Å². The number of imidazole rings is 1. The Bertz CT molecular complexity index is 709. The Labute approximate surface area is 119 Å². The van der Waals surface area contributed by atoms with E-state index in [1.165, 1.54) is 6.33 Å². The van der Waals surface area contributed by atoms with Crippen LogP contribution in [0.3, 0.4) is 0 Å². The van der Waals surface area contributed by atoms with Crippen molar-refractivity contribution in [2.24, 2.45) is 5.11 Å². The fourth-order valence-electron chi connectivity index (χ4n) is 2.51. The van der Waals surface area contributed by atoms with Crippen LogP contribution in [-0.4, -0.2) is 43.4 Å². The lowest BCUT2D eigenvalue weighted by Crippen LogP contribution is -2.36. The van der Waals surface area contributed by atoms with Gasteiger partial charge in [-0.15, -0.1) is 0 Å². The quantitative estimate of drug-likeness (QED) is 0.482. The summed E-state index contributed by atoms with van der Waals surface area (Å²) >= 11 is 0. The van der Waals surface area contributed by atoms with Gasteiger partial charge in [-0.2, -0.15) is 0 Å². The first kappa shape index (κ1) is 13.6. The Kier molecular flexibility index (Phi) is 3.34. The van der Waals surface area contributed by atoms with Crippen LogP contribution < -0.4 is 5.73 Å². The van der Waals surface area contributed by atoms with E-state index in [0.29, 0.717) is 29.8 Å². The third-order valence-corrected chi connectivity index (χ3v) is 3.64. The summed E-state index contributed by atoms with van der Waals surface area (Å²) in [7, 11) is 0. The number of azide groups is 1. The van der Waals surface area contributed by atoms with Gasteiger partial charge in [0.2, 0.25) is 0 Å². The Morgan fingerprint density at radius 2 is 2.43 bits per heavy atom. The summed E-state index contributed by atoms with van der Waals surface area (Å²) in [5.41, 5.74) is 14.4. The highest BCUT2D eigenvalue weighted by Crippen LogP contribution is 2.37. The second kappa shape index (κ2) is 5.17. The van der Waals surface area contributed by atoms with Crippen molar-refractivity contribution in [2.45, 2.75) is 24.7 Å². The fraction of sp³-hybridized carbons (Fsp3) is 0.545. The van der Waals surface area contributed by atoms with Gasteiger partial charge in [0.05, 0.1) is 25.1 Å². The summed E-state index contributed by atoms with van der Waals surface area (Å²) in [5, 5.41) is 13.1. The van der Waals surface area contributed by atoms with E-state index in [0.717, 1.165) is 0 Å². The van der Waals surface area contributed by atoms with Crippen molar-refractivity contribution >= 4 is 17.0 Å². The van der Waals surface area contributed by atoms with Crippen molar-refractivity contribution in [3.63, 3.8) is 0 Å². The van der Waals surface area contributed by atoms with Gasteiger partial charge in [0, 0.05) is 4.91 Å². The second-order valence-electron chi connectivity index (χ2n) is 4.92. The number of aliphatic hydroxyl groups excluding tert-OH is 1. The molecule has 0 aliphatic carbocycles. The summed E-state index contributed by atoms with van der Waals surface area (Å²) in [6.45, 7) is -0.132. The molecule has 1 aliphatic heterocycles. The molecule has 0 amide bonds. The van der Waals surface area contributed by atoms with Crippen molar-refractivity contribution in [3.8, 4) is 0 Å². The van der Waals surface area contributed by atoms with Gasteiger partial charge in [-0.3, -0.25) is 4.57 Å². The van der Waals surface area contributed by atoms with Crippen LogP contribution in [0.5, 0.6) is 0 Å². The van der Waals surface area contributed by atoms with Crippen LogP contribution in [0.4, 0.5) is 5.82 Å². The van der Waals surface area contributed by atoms with E-state index in [1.54, 1.807) is 10.9 Å². The zero-order chi connectivity index (χ0) is 14.9.